The number of furan rings is 1. The second kappa shape index (κ2) is 7.41. The Morgan fingerprint density at radius 1 is 1.24 bits per heavy atom. The molecular formula is C17H23NO3. The van der Waals surface area contributed by atoms with E-state index in [4.69, 9.17) is 9.15 Å². The van der Waals surface area contributed by atoms with Gasteiger partial charge in [0, 0.05) is 19.7 Å². The summed E-state index contributed by atoms with van der Waals surface area (Å²) in [7, 11) is 1.68. The van der Waals surface area contributed by atoms with Crippen LogP contribution in [0.15, 0.2) is 53.1 Å². The van der Waals surface area contributed by atoms with Gasteiger partial charge < -0.3 is 19.6 Å². The van der Waals surface area contributed by atoms with Crippen molar-refractivity contribution in [2.75, 3.05) is 20.3 Å². The molecule has 0 aliphatic rings. The van der Waals surface area contributed by atoms with E-state index in [9.17, 15) is 5.11 Å². The summed E-state index contributed by atoms with van der Waals surface area (Å²) in [6.07, 6.45) is 2.42. The molecule has 2 rings (SSSR count). The van der Waals surface area contributed by atoms with Gasteiger partial charge >= 0.3 is 0 Å². The molecule has 21 heavy (non-hydrogen) atoms. The van der Waals surface area contributed by atoms with Crippen molar-refractivity contribution >= 4 is 0 Å². The molecule has 0 spiro atoms. The first kappa shape index (κ1) is 15.8. The summed E-state index contributed by atoms with van der Waals surface area (Å²) in [6.45, 7) is 2.73. The average Bonchev–Trinajstić information content (AvgIpc) is 3.01. The third-order valence-corrected chi connectivity index (χ3v) is 3.48. The molecule has 2 unspecified atom stereocenters. The van der Waals surface area contributed by atoms with Gasteiger partial charge in [0.2, 0.25) is 0 Å². The van der Waals surface area contributed by atoms with E-state index in [2.05, 4.69) is 17.4 Å². The minimum absolute atomic E-state index is 0.138. The molecule has 4 nitrogen and oxygen atoms in total. The first-order valence-corrected chi connectivity index (χ1v) is 7.14. The monoisotopic (exact) mass is 289 g/mol. The van der Waals surface area contributed by atoms with Crippen LogP contribution >= 0.6 is 0 Å². The highest BCUT2D eigenvalue weighted by molar-refractivity contribution is 5.16. The molecule has 0 bridgehead atoms. The summed E-state index contributed by atoms with van der Waals surface area (Å²) in [5.41, 5.74) is 0.205. The van der Waals surface area contributed by atoms with Crippen LogP contribution in [0.25, 0.3) is 0 Å². The number of methoxy groups -OCH3 is 1. The van der Waals surface area contributed by atoms with E-state index in [-0.39, 0.29) is 6.04 Å². The van der Waals surface area contributed by atoms with Crippen LogP contribution in [-0.4, -0.2) is 31.4 Å². The summed E-state index contributed by atoms with van der Waals surface area (Å²) in [5, 5.41) is 13.8. The molecule has 1 aromatic heterocycles. The number of hydrogen-bond donors (Lipinski definition) is 2. The lowest BCUT2D eigenvalue weighted by Crippen LogP contribution is -2.43. The van der Waals surface area contributed by atoms with E-state index in [1.165, 1.54) is 5.56 Å². The Morgan fingerprint density at radius 2 is 2.00 bits per heavy atom. The quantitative estimate of drug-likeness (QED) is 0.783. The molecule has 0 aliphatic carbocycles. The van der Waals surface area contributed by atoms with E-state index >= 15 is 0 Å². The maximum absolute atomic E-state index is 10.5. The molecule has 0 saturated carbocycles. The normalized spacial score (nSPS) is 15.6. The zero-order valence-corrected chi connectivity index (χ0v) is 12.6. The van der Waals surface area contributed by atoms with E-state index in [1.807, 2.05) is 18.2 Å². The molecule has 0 saturated heterocycles. The van der Waals surface area contributed by atoms with Gasteiger partial charge in [-0.25, -0.2) is 0 Å². The lowest BCUT2D eigenvalue weighted by molar-refractivity contribution is 0.0280. The molecule has 2 N–H and O–H groups in total. The third kappa shape index (κ3) is 4.70. The molecule has 1 heterocycles. The largest absolute Gasteiger partial charge is 0.466 e. The zero-order valence-electron chi connectivity index (χ0n) is 12.6. The molecule has 0 fully saturated rings. The van der Waals surface area contributed by atoms with E-state index in [1.54, 1.807) is 32.4 Å². The van der Waals surface area contributed by atoms with Crippen LogP contribution in [0.5, 0.6) is 0 Å². The predicted molar refractivity (Wildman–Crippen MR) is 82.1 cm³/mol. The summed E-state index contributed by atoms with van der Waals surface area (Å²) >= 11 is 0. The summed E-state index contributed by atoms with van der Waals surface area (Å²) < 4.78 is 10.6. The van der Waals surface area contributed by atoms with E-state index < -0.39 is 5.60 Å². The molecular weight excluding hydrogens is 266 g/mol. The van der Waals surface area contributed by atoms with Gasteiger partial charge in [0.1, 0.15) is 11.4 Å². The lowest BCUT2D eigenvalue weighted by Gasteiger charge is -2.25. The Bertz CT molecular complexity index is 508. The fourth-order valence-corrected chi connectivity index (χ4v) is 2.31. The second-order valence-corrected chi connectivity index (χ2v) is 5.47. The molecule has 2 atom stereocenters. The minimum atomic E-state index is -1.04. The average molecular weight is 289 g/mol. The minimum Gasteiger partial charge on any atom is -0.466 e. The van der Waals surface area contributed by atoms with Gasteiger partial charge in [-0.3, -0.25) is 0 Å². The Kier molecular flexibility index (Phi) is 5.56. The van der Waals surface area contributed by atoms with Crippen LogP contribution in [0, 0.1) is 0 Å². The summed E-state index contributed by atoms with van der Waals surface area (Å²) in [6, 6.07) is 13.9. The van der Waals surface area contributed by atoms with Crippen molar-refractivity contribution in [2.45, 2.75) is 25.0 Å². The Labute approximate surface area is 125 Å². The van der Waals surface area contributed by atoms with Gasteiger partial charge in [-0.2, -0.15) is 0 Å². The predicted octanol–water partition coefficient (Wildman–Crippen LogP) is 2.33. The number of nitrogens with one attached hydrogen (secondary N) is 1. The number of hydrogen-bond acceptors (Lipinski definition) is 4. The second-order valence-electron chi connectivity index (χ2n) is 5.47. The van der Waals surface area contributed by atoms with E-state index in [0.717, 1.165) is 6.42 Å². The molecule has 4 heteroatoms. The van der Waals surface area contributed by atoms with Crippen molar-refractivity contribution in [3.8, 4) is 0 Å². The van der Waals surface area contributed by atoms with Crippen molar-refractivity contribution in [1.29, 1.82) is 0 Å². The van der Waals surface area contributed by atoms with Crippen molar-refractivity contribution < 1.29 is 14.3 Å². The standard InChI is InChI=1S/C17H23NO3/c1-17(19,16-9-6-10-21-16)13-18-15(12-20-2)11-14-7-4-3-5-8-14/h3-10,15,18-19H,11-13H2,1-2H3. The van der Waals surface area contributed by atoms with Crippen LogP contribution in [-0.2, 0) is 16.8 Å². The Morgan fingerprint density at radius 3 is 2.62 bits per heavy atom. The van der Waals surface area contributed by atoms with Gasteiger partial charge in [-0.05, 0) is 31.0 Å². The van der Waals surface area contributed by atoms with Gasteiger partial charge in [0.25, 0.3) is 0 Å². The number of rotatable bonds is 8. The van der Waals surface area contributed by atoms with Crippen molar-refractivity contribution in [3.63, 3.8) is 0 Å². The molecule has 0 amide bonds. The molecule has 0 aliphatic heterocycles. The van der Waals surface area contributed by atoms with Crippen LogP contribution in [0.1, 0.15) is 18.2 Å². The highest BCUT2D eigenvalue weighted by Gasteiger charge is 2.27. The fourth-order valence-electron chi connectivity index (χ4n) is 2.31. The zero-order chi connectivity index (χ0) is 15.1. The lowest BCUT2D eigenvalue weighted by atomic mass is 10.0. The number of aliphatic hydroxyl groups is 1. The topological polar surface area (TPSA) is 54.6 Å². The molecule has 2 aromatic rings. The number of ether oxygens (including phenoxy) is 1. The van der Waals surface area contributed by atoms with Crippen molar-refractivity contribution in [1.82, 2.24) is 5.32 Å². The highest BCUT2D eigenvalue weighted by Crippen LogP contribution is 2.20. The van der Waals surface area contributed by atoms with Crippen molar-refractivity contribution in [2.24, 2.45) is 0 Å². The Balaban J connectivity index is 1.94. The summed E-state index contributed by atoms with van der Waals surface area (Å²) in [5.74, 6) is 0.561. The highest BCUT2D eigenvalue weighted by atomic mass is 16.5. The third-order valence-electron chi connectivity index (χ3n) is 3.48. The fraction of sp³-hybridized carbons (Fsp3) is 0.412. The maximum atomic E-state index is 10.5. The SMILES string of the molecule is COCC(Cc1ccccc1)NCC(C)(O)c1ccco1. The van der Waals surface area contributed by atoms with E-state index in [0.29, 0.717) is 18.9 Å². The van der Waals surface area contributed by atoms with Crippen LogP contribution < -0.4 is 5.32 Å². The molecule has 0 radical (unpaired) electrons. The van der Waals surface area contributed by atoms with Gasteiger partial charge in [-0.15, -0.1) is 0 Å². The first-order chi connectivity index (χ1) is 10.1. The first-order valence-electron chi connectivity index (χ1n) is 7.14. The smallest absolute Gasteiger partial charge is 0.136 e. The van der Waals surface area contributed by atoms with Crippen LogP contribution in [0.4, 0.5) is 0 Å². The van der Waals surface area contributed by atoms with Gasteiger partial charge in [0.15, 0.2) is 0 Å². The van der Waals surface area contributed by atoms with Gasteiger partial charge in [0.05, 0.1) is 12.9 Å². The summed E-state index contributed by atoms with van der Waals surface area (Å²) in [4.78, 5) is 0. The van der Waals surface area contributed by atoms with Crippen LogP contribution in [0.2, 0.25) is 0 Å². The Hall–Kier alpha value is -1.62. The number of benzene rings is 1. The van der Waals surface area contributed by atoms with Crippen molar-refractivity contribution in [3.05, 3.63) is 60.1 Å². The molecule has 1 aromatic carbocycles. The molecule has 114 valence electrons. The maximum Gasteiger partial charge on any atom is 0.136 e. The van der Waals surface area contributed by atoms with Crippen LogP contribution in [0.3, 0.4) is 0 Å². The van der Waals surface area contributed by atoms with Gasteiger partial charge in [-0.1, -0.05) is 30.3 Å².